The van der Waals surface area contributed by atoms with Crippen molar-refractivity contribution in [3.05, 3.63) is 28.2 Å². The van der Waals surface area contributed by atoms with Gasteiger partial charge in [0.1, 0.15) is 0 Å². The number of nitrogens with two attached hydrogens (primary N) is 1. The van der Waals surface area contributed by atoms with E-state index in [4.69, 9.17) is 5.73 Å². The molecular formula is C14H20BrClN2O. The zero-order valence-electron chi connectivity index (χ0n) is 11.0. The van der Waals surface area contributed by atoms with E-state index in [1.165, 1.54) is 0 Å². The van der Waals surface area contributed by atoms with Crippen molar-refractivity contribution in [2.24, 2.45) is 11.7 Å². The molecule has 19 heavy (non-hydrogen) atoms. The SMILES string of the molecule is Cc1ccc(NC(=O)C[C@@H]2CCC[C@H]2N)cc1Br.Cl. The maximum Gasteiger partial charge on any atom is 0.224 e. The van der Waals surface area contributed by atoms with E-state index in [-0.39, 0.29) is 24.4 Å². The summed E-state index contributed by atoms with van der Waals surface area (Å²) in [4.78, 5) is 11.9. The first-order valence-corrected chi connectivity index (χ1v) is 7.17. The third-order valence-electron chi connectivity index (χ3n) is 3.62. The molecule has 0 aliphatic heterocycles. The van der Waals surface area contributed by atoms with Gasteiger partial charge >= 0.3 is 0 Å². The molecule has 5 heteroatoms. The third-order valence-corrected chi connectivity index (χ3v) is 4.48. The highest BCUT2D eigenvalue weighted by molar-refractivity contribution is 9.10. The number of carbonyl (C=O) groups excluding carboxylic acids is 1. The van der Waals surface area contributed by atoms with Crippen molar-refractivity contribution in [3.8, 4) is 0 Å². The molecule has 0 bridgehead atoms. The average molecular weight is 348 g/mol. The third kappa shape index (κ3) is 4.48. The molecule has 0 heterocycles. The van der Waals surface area contributed by atoms with Gasteiger partial charge in [-0.3, -0.25) is 4.79 Å². The Morgan fingerprint density at radius 2 is 2.21 bits per heavy atom. The minimum Gasteiger partial charge on any atom is -0.327 e. The van der Waals surface area contributed by atoms with Gasteiger partial charge in [-0.05, 0) is 43.4 Å². The standard InChI is InChI=1S/C14H19BrN2O.ClH/c1-9-5-6-11(8-12(9)15)17-14(18)7-10-3-2-4-13(10)16;/h5-6,8,10,13H,2-4,7,16H2,1H3,(H,17,18);1H/t10-,13+;/m0./s1. The normalized spacial score (nSPS) is 21.8. The highest BCUT2D eigenvalue weighted by atomic mass is 79.9. The van der Waals surface area contributed by atoms with Crippen LogP contribution in [0.15, 0.2) is 22.7 Å². The number of halogens is 2. The lowest BCUT2D eigenvalue weighted by Crippen LogP contribution is -2.28. The van der Waals surface area contributed by atoms with Gasteiger partial charge in [0.15, 0.2) is 0 Å². The summed E-state index contributed by atoms with van der Waals surface area (Å²) >= 11 is 3.46. The predicted octanol–water partition coefficient (Wildman–Crippen LogP) is 3.64. The fourth-order valence-electron chi connectivity index (χ4n) is 2.44. The second kappa shape index (κ2) is 7.27. The van der Waals surface area contributed by atoms with E-state index in [1.807, 2.05) is 25.1 Å². The number of benzene rings is 1. The van der Waals surface area contributed by atoms with Crippen molar-refractivity contribution in [2.45, 2.75) is 38.6 Å². The van der Waals surface area contributed by atoms with Gasteiger partial charge in [-0.1, -0.05) is 28.4 Å². The number of aryl methyl sites for hydroxylation is 1. The molecule has 1 amide bonds. The van der Waals surface area contributed by atoms with Crippen LogP contribution in [0.25, 0.3) is 0 Å². The topological polar surface area (TPSA) is 55.1 Å². The molecule has 0 unspecified atom stereocenters. The lowest BCUT2D eigenvalue weighted by atomic mass is 10.00. The molecule has 0 saturated heterocycles. The van der Waals surface area contributed by atoms with E-state index < -0.39 is 0 Å². The summed E-state index contributed by atoms with van der Waals surface area (Å²) in [5.41, 5.74) is 7.97. The van der Waals surface area contributed by atoms with Gasteiger partial charge in [-0.15, -0.1) is 12.4 Å². The van der Waals surface area contributed by atoms with E-state index in [1.54, 1.807) is 0 Å². The Morgan fingerprint density at radius 3 is 2.79 bits per heavy atom. The molecular weight excluding hydrogens is 328 g/mol. The number of hydrogen-bond donors (Lipinski definition) is 2. The van der Waals surface area contributed by atoms with Crippen LogP contribution in [0.4, 0.5) is 5.69 Å². The van der Waals surface area contributed by atoms with E-state index in [2.05, 4.69) is 21.2 Å². The second-order valence-corrected chi connectivity index (χ2v) is 5.93. The monoisotopic (exact) mass is 346 g/mol. The molecule has 106 valence electrons. The number of amides is 1. The summed E-state index contributed by atoms with van der Waals surface area (Å²) in [6, 6.07) is 6.04. The molecule has 3 nitrogen and oxygen atoms in total. The molecule has 1 fully saturated rings. The largest absolute Gasteiger partial charge is 0.327 e. The van der Waals surface area contributed by atoms with Crippen molar-refractivity contribution in [2.75, 3.05) is 5.32 Å². The van der Waals surface area contributed by atoms with Gasteiger partial charge in [-0.2, -0.15) is 0 Å². The van der Waals surface area contributed by atoms with Crippen LogP contribution in [0.5, 0.6) is 0 Å². The average Bonchev–Trinajstić information content (AvgIpc) is 2.70. The fourth-order valence-corrected chi connectivity index (χ4v) is 2.82. The Balaban J connectivity index is 0.00000180. The molecule has 0 radical (unpaired) electrons. The lowest BCUT2D eigenvalue weighted by Gasteiger charge is -2.15. The molecule has 2 atom stereocenters. The minimum absolute atomic E-state index is 0. The summed E-state index contributed by atoms with van der Waals surface area (Å²) in [5.74, 6) is 0.409. The molecule has 3 N–H and O–H groups in total. The Bertz CT molecular complexity index is 453. The van der Waals surface area contributed by atoms with Gasteiger partial charge < -0.3 is 11.1 Å². The van der Waals surface area contributed by atoms with Gasteiger partial charge in [0.05, 0.1) is 0 Å². The summed E-state index contributed by atoms with van der Waals surface area (Å²) in [6.07, 6.45) is 3.81. The first-order chi connectivity index (χ1) is 8.56. The Kier molecular flexibility index (Phi) is 6.30. The van der Waals surface area contributed by atoms with Crippen molar-refractivity contribution in [1.82, 2.24) is 0 Å². The van der Waals surface area contributed by atoms with Crippen LogP contribution in [0.2, 0.25) is 0 Å². The number of hydrogen-bond acceptors (Lipinski definition) is 2. The quantitative estimate of drug-likeness (QED) is 0.877. The Hall–Kier alpha value is -0.580. The van der Waals surface area contributed by atoms with Gasteiger partial charge in [0, 0.05) is 22.6 Å². The van der Waals surface area contributed by atoms with Crippen LogP contribution in [0, 0.1) is 12.8 Å². The smallest absolute Gasteiger partial charge is 0.224 e. The van der Waals surface area contributed by atoms with Crippen molar-refractivity contribution in [3.63, 3.8) is 0 Å². The first-order valence-electron chi connectivity index (χ1n) is 6.38. The van der Waals surface area contributed by atoms with Crippen LogP contribution in [-0.2, 0) is 4.79 Å². The summed E-state index contributed by atoms with van der Waals surface area (Å²) in [5, 5.41) is 2.93. The lowest BCUT2D eigenvalue weighted by molar-refractivity contribution is -0.117. The zero-order valence-corrected chi connectivity index (χ0v) is 13.4. The Labute approximate surface area is 128 Å². The Morgan fingerprint density at radius 1 is 1.47 bits per heavy atom. The van der Waals surface area contributed by atoms with E-state index >= 15 is 0 Å². The van der Waals surface area contributed by atoms with Crippen LogP contribution < -0.4 is 11.1 Å². The molecule has 1 aliphatic carbocycles. The second-order valence-electron chi connectivity index (χ2n) is 5.07. The van der Waals surface area contributed by atoms with E-state index in [9.17, 15) is 4.79 Å². The van der Waals surface area contributed by atoms with Gasteiger partial charge in [0.25, 0.3) is 0 Å². The highest BCUT2D eigenvalue weighted by Gasteiger charge is 2.25. The first kappa shape index (κ1) is 16.5. The molecule has 0 spiro atoms. The minimum atomic E-state index is 0. The van der Waals surface area contributed by atoms with Crippen molar-refractivity contribution < 1.29 is 4.79 Å². The van der Waals surface area contributed by atoms with Crippen molar-refractivity contribution in [1.29, 1.82) is 0 Å². The highest BCUT2D eigenvalue weighted by Crippen LogP contribution is 2.27. The summed E-state index contributed by atoms with van der Waals surface area (Å²) in [7, 11) is 0. The number of carbonyl (C=O) groups is 1. The predicted molar refractivity (Wildman–Crippen MR) is 84.7 cm³/mol. The number of rotatable bonds is 3. The summed E-state index contributed by atoms with van der Waals surface area (Å²) < 4.78 is 1.01. The molecule has 1 aliphatic rings. The molecule has 1 saturated carbocycles. The van der Waals surface area contributed by atoms with Crippen LogP contribution in [0.1, 0.15) is 31.2 Å². The molecule has 0 aromatic heterocycles. The van der Waals surface area contributed by atoms with E-state index in [0.29, 0.717) is 12.3 Å². The maximum atomic E-state index is 11.9. The molecule has 1 aromatic rings. The molecule has 2 rings (SSSR count). The molecule has 1 aromatic carbocycles. The maximum absolute atomic E-state index is 11.9. The van der Waals surface area contributed by atoms with Crippen LogP contribution >= 0.6 is 28.3 Å². The summed E-state index contributed by atoms with van der Waals surface area (Å²) in [6.45, 7) is 2.02. The zero-order chi connectivity index (χ0) is 13.1. The van der Waals surface area contributed by atoms with Crippen LogP contribution in [-0.4, -0.2) is 11.9 Å². The van der Waals surface area contributed by atoms with Gasteiger partial charge in [0.2, 0.25) is 5.91 Å². The van der Waals surface area contributed by atoms with Gasteiger partial charge in [-0.25, -0.2) is 0 Å². The number of nitrogens with one attached hydrogen (secondary N) is 1. The number of anilines is 1. The van der Waals surface area contributed by atoms with Crippen molar-refractivity contribution >= 4 is 39.9 Å². The van der Waals surface area contributed by atoms with Crippen LogP contribution in [0.3, 0.4) is 0 Å². The van der Waals surface area contributed by atoms with E-state index in [0.717, 1.165) is 35.0 Å². The fraction of sp³-hybridized carbons (Fsp3) is 0.500.